The molecule has 2 aromatic heterocycles. The van der Waals surface area contributed by atoms with E-state index in [0.29, 0.717) is 38.7 Å². The summed E-state index contributed by atoms with van der Waals surface area (Å²) in [6.45, 7) is 3.09. The third kappa shape index (κ3) is 4.44. The van der Waals surface area contributed by atoms with Gasteiger partial charge in [-0.2, -0.15) is 0 Å². The molecule has 2 fully saturated rings. The Morgan fingerprint density at radius 2 is 2.06 bits per heavy atom. The largest absolute Gasteiger partial charge is 0.391 e. The minimum absolute atomic E-state index is 0.0720. The minimum atomic E-state index is -0.310. The molecular weight excluding hydrogens is 414 g/mol. The Kier molecular flexibility index (Phi) is 5.89. The maximum atomic E-state index is 13.0. The number of nitrogens with one attached hydrogen (secondary N) is 1. The number of fused-ring (bicyclic) bond motifs is 1. The number of thiazole rings is 1. The topological polar surface area (TPSA) is 92.5 Å². The van der Waals surface area contributed by atoms with Crippen molar-refractivity contribution in [1.82, 2.24) is 14.5 Å². The fraction of sp³-hybridized carbons (Fsp3) is 0.500. The first kappa shape index (κ1) is 20.4. The van der Waals surface area contributed by atoms with Gasteiger partial charge in [0.15, 0.2) is 10.9 Å². The van der Waals surface area contributed by atoms with E-state index in [1.54, 1.807) is 28.3 Å². The van der Waals surface area contributed by atoms with Crippen LogP contribution in [0.25, 0.3) is 10.2 Å². The summed E-state index contributed by atoms with van der Waals surface area (Å²) < 4.78 is 8.16. The van der Waals surface area contributed by atoms with Gasteiger partial charge in [-0.15, -0.1) is 0 Å². The van der Waals surface area contributed by atoms with Crippen molar-refractivity contribution < 1.29 is 9.84 Å². The zero-order valence-corrected chi connectivity index (χ0v) is 18.2. The molecule has 1 saturated heterocycles. The second-order valence-corrected chi connectivity index (χ2v) is 9.24. The number of aromatic nitrogens is 3. The summed E-state index contributed by atoms with van der Waals surface area (Å²) in [5.74, 6) is 0.488. The molecule has 9 heteroatoms. The maximum absolute atomic E-state index is 13.0. The van der Waals surface area contributed by atoms with E-state index in [4.69, 9.17) is 4.74 Å². The summed E-state index contributed by atoms with van der Waals surface area (Å²) in [7, 11) is 0. The fourth-order valence-electron chi connectivity index (χ4n) is 4.32. The summed E-state index contributed by atoms with van der Waals surface area (Å²) in [5.41, 5.74) is 1.89. The number of benzene rings is 1. The van der Waals surface area contributed by atoms with Crippen LogP contribution in [0.3, 0.4) is 0 Å². The Balaban J connectivity index is 1.34. The highest BCUT2D eigenvalue weighted by atomic mass is 32.1. The van der Waals surface area contributed by atoms with Gasteiger partial charge in [0.2, 0.25) is 0 Å². The third-order valence-corrected chi connectivity index (χ3v) is 7.00. The highest BCUT2D eigenvalue weighted by molar-refractivity contribution is 7.22. The predicted octanol–water partition coefficient (Wildman–Crippen LogP) is 2.45. The first-order valence-electron chi connectivity index (χ1n) is 10.9. The number of morpholine rings is 1. The number of aliphatic hydroxyl groups excluding tert-OH is 1. The highest BCUT2D eigenvalue weighted by Crippen LogP contribution is 2.30. The molecule has 0 radical (unpaired) electrons. The number of hydrogen-bond donors (Lipinski definition) is 2. The van der Waals surface area contributed by atoms with Crippen LogP contribution in [-0.2, 0) is 11.3 Å². The zero-order chi connectivity index (χ0) is 21.2. The molecule has 2 unspecified atom stereocenters. The Labute approximate surface area is 184 Å². The van der Waals surface area contributed by atoms with Crippen LogP contribution in [0.5, 0.6) is 0 Å². The summed E-state index contributed by atoms with van der Waals surface area (Å²) in [6, 6.07) is 6.18. The van der Waals surface area contributed by atoms with Crippen LogP contribution in [0, 0.1) is 0 Å². The molecule has 1 aliphatic heterocycles. The highest BCUT2D eigenvalue weighted by Gasteiger charge is 2.23. The van der Waals surface area contributed by atoms with Crippen LogP contribution in [0.15, 0.2) is 35.4 Å². The van der Waals surface area contributed by atoms with Gasteiger partial charge in [0.25, 0.3) is 5.56 Å². The van der Waals surface area contributed by atoms with Gasteiger partial charge in [0, 0.05) is 25.5 Å². The number of hydrogen-bond acceptors (Lipinski definition) is 8. The molecule has 0 amide bonds. The smallest absolute Gasteiger partial charge is 0.293 e. The lowest BCUT2D eigenvalue weighted by molar-refractivity contribution is 0.116. The van der Waals surface area contributed by atoms with E-state index in [2.05, 4.69) is 21.4 Å². The monoisotopic (exact) mass is 441 g/mol. The number of rotatable bonds is 5. The van der Waals surface area contributed by atoms with E-state index < -0.39 is 0 Å². The van der Waals surface area contributed by atoms with Crippen LogP contribution in [0.1, 0.15) is 31.2 Å². The second kappa shape index (κ2) is 8.94. The van der Waals surface area contributed by atoms with E-state index in [9.17, 15) is 9.90 Å². The molecule has 2 aliphatic rings. The van der Waals surface area contributed by atoms with Gasteiger partial charge in [-0.3, -0.25) is 4.79 Å². The van der Waals surface area contributed by atoms with Gasteiger partial charge in [-0.25, -0.2) is 9.97 Å². The van der Waals surface area contributed by atoms with Crippen molar-refractivity contribution in [2.75, 3.05) is 36.5 Å². The van der Waals surface area contributed by atoms with Crippen LogP contribution < -0.4 is 15.8 Å². The maximum Gasteiger partial charge on any atom is 0.293 e. The van der Waals surface area contributed by atoms with Gasteiger partial charge in [0.05, 0.1) is 42.1 Å². The summed E-state index contributed by atoms with van der Waals surface area (Å²) >= 11 is 1.59. The Morgan fingerprint density at radius 1 is 1.23 bits per heavy atom. The number of nitrogens with zero attached hydrogens (tertiary/aromatic N) is 4. The van der Waals surface area contributed by atoms with Crippen molar-refractivity contribution in [3.05, 3.63) is 46.5 Å². The molecule has 1 aliphatic carbocycles. The van der Waals surface area contributed by atoms with Gasteiger partial charge >= 0.3 is 0 Å². The van der Waals surface area contributed by atoms with Crippen molar-refractivity contribution in [3.63, 3.8) is 0 Å². The zero-order valence-electron chi connectivity index (χ0n) is 17.4. The average Bonchev–Trinajstić information content (AvgIpc) is 3.19. The molecule has 0 spiro atoms. The molecule has 8 nitrogen and oxygen atoms in total. The number of anilines is 2. The summed E-state index contributed by atoms with van der Waals surface area (Å²) in [6.07, 6.45) is 7.16. The van der Waals surface area contributed by atoms with E-state index in [-0.39, 0.29) is 17.7 Å². The van der Waals surface area contributed by atoms with E-state index in [0.717, 1.165) is 46.6 Å². The van der Waals surface area contributed by atoms with Crippen molar-refractivity contribution >= 4 is 32.5 Å². The first-order valence-corrected chi connectivity index (χ1v) is 11.7. The molecule has 5 rings (SSSR count). The lowest BCUT2D eigenvalue weighted by atomic mass is 9.93. The normalized spacial score (nSPS) is 22.0. The second-order valence-electron chi connectivity index (χ2n) is 8.21. The molecule has 3 heterocycles. The van der Waals surface area contributed by atoms with Crippen molar-refractivity contribution in [3.8, 4) is 0 Å². The first-order chi connectivity index (χ1) is 15.2. The number of aliphatic hydroxyl groups is 1. The SMILES string of the molecule is O=c1c(N2CCOCC2)nccn1Cc1ccc2nc(NC3CCCCC3O)sc2c1. The fourth-order valence-corrected chi connectivity index (χ4v) is 5.31. The van der Waals surface area contributed by atoms with E-state index in [1.807, 2.05) is 17.0 Å². The van der Waals surface area contributed by atoms with Gasteiger partial charge in [-0.1, -0.05) is 30.2 Å². The molecule has 3 aromatic rings. The average molecular weight is 442 g/mol. The molecule has 1 aromatic carbocycles. The minimum Gasteiger partial charge on any atom is -0.391 e. The van der Waals surface area contributed by atoms with Crippen LogP contribution in [-0.4, -0.2) is 58.1 Å². The van der Waals surface area contributed by atoms with E-state index >= 15 is 0 Å². The summed E-state index contributed by atoms with van der Waals surface area (Å²) in [5, 5.41) is 14.5. The Bertz CT molecular complexity index is 1110. The van der Waals surface area contributed by atoms with Crippen molar-refractivity contribution in [1.29, 1.82) is 0 Å². The lowest BCUT2D eigenvalue weighted by Crippen LogP contribution is -2.41. The molecule has 2 atom stereocenters. The Hall–Kier alpha value is -2.49. The Morgan fingerprint density at radius 3 is 2.90 bits per heavy atom. The van der Waals surface area contributed by atoms with Crippen molar-refractivity contribution in [2.45, 2.75) is 44.4 Å². The molecular formula is C22H27N5O3S. The van der Waals surface area contributed by atoms with Gasteiger partial charge < -0.3 is 24.6 Å². The molecule has 1 saturated carbocycles. The standard InChI is InChI=1S/C22H27N5O3S/c28-18-4-2-1-3-16(18)24-22-25-17-6-5-15(13-19(17)31-22)14-27-8-7-23-20(21(27)29)26-9-11-30-12-10-26/h5-8,13,16,18,28H,1-4,9-12,14H2,(H,24,25). The molecule has 2 N–H and O–H groups in total. The molecule has 164 valence electrons. The van der Waals surface area contributed by atoms with Gasteiger partial charge in [0.1, 0.15) is 0 Å². The number of ether oxygens (including phenoxy) is 1. The summed E-state index contributed by atoms with van der Waals surface area (Å²) in [4.78, 5) is 24.0. The van der Waals surface area contributed by atoms with E-state index in [1.165, 1.54) is 0 Å². The lowest BCUT2D eigenvalue weighted by Gasteiger charge is -2.27. The van der Waals surface area contributed by atoms with Crippen LogP contribution >= 0.6 is 11.3 Å². The molecule has 31 heavy (non-hydrogen) atoms. The molecule has 0 bridgehead atoms. The van der Waals surface area contributed by atoms with Crippen LogP contribution in [0.2, 0.25) is 0 Å². The van der Waals surface area contributed by atoms with Crippen LogP contribution in [0.4, 0.5) is 10.9 Å². The quantitative estimate of drug-likeness (QED) is 0.628. The van der Waals surface area contributed by atoms with Crippen molar-refractivity contribution in [2.24, 2.45) is 0 Å². The van der Waals surface area contributed by atoms with Gasteiger partial charge in [-0.05, 0) is 30.5 Å². The third-order valence-electron chi connectivity index (χ3n) is 6.05. The predicted molar refractivity (Wildman–Crippen MR) is 122 cm³/mol.